The lowest BCUT2D eigenvalue weighted by Gasteiger charge is -2.40. The summed E-state index contributed by atoms with van der Waals surface area (Å²) in [6, 6.07) is 3.31. The molecule has 5 nitrogen and oxygen atoms in total. The molecule has 3 rings (SSSR count). The Morgan fingerprint density at radius 2 is 2.05 bits per heavy atom. The fourth-order valence-electron chi connectivity index (χ4n) is 3.34. The number of pyridine rings is 1. The van der Waals surface area contributed by atoms with Crippen molar-refractivity contribution in [2.75, 3.05) is 18.9 Å². The number of fused-ring (bicyclic) bond motifs is 1. The first kappa shape index (κ1) is 14.3. The molecule has 0 aliphatic carbocycles. The van der Waals surface area contributed by atoms with Gasteiger partial charge >= 0.3 is 0 Å². The zero-order valence-corrected chi connectivity index (χ0v) is 13.6. The van der Waals surface area contributed by atoms with Crippen LogP contribution in [0.15, 0.2) is 12.3 Å². The van der Waals surface area contributed by atoms with Gasteiger partial charge in [-0.15, -0.1) is 0 Å². The molecular formula is C16H25N5. The first-order valence-electron chi connectivity index (χ1n) is 7.72. The number of anilines is 1. The second-order valence-corrected chi connectivity index (χ2v) is 6.56. The van der Waals surface area contributed by atoms with Gasteiger partial charge in [0.1, 0.15) is 0 Å². The molecule has 1 aliphatic rings. The van der Waals surface area contributed by atoms with Crippen LogP contribution in [-0.2, 0) is 7.05 Å². The Hall–Kier alpha value is -1.62. The zero-order chi connectivity index (χ0) is 15.1. The number of piperidine rings is 1. The molecule has 1 N–H and O–H groups in total. The minimum Gasteiger partial charge on any atom is -0.381 e. The van der Waals surface area contributed by atoms with E-state index in [1.54, 1.807) is 0 Å². The Labute approximate surface area is 126 Å². The van der Waals surface area contributed by atoms with Crippen molar-refractivity contribution in [3.8, 4) is 0 Å². The molecule has 2 aromatic heterocycles. The van der Waals surface area contributed by atoms with Gasteiger partial charge in [-0.2, -0.15) is 5.10 Å². The summed E-state index contributed by atoms with van der Waals surface area (Å²) < 4.78 is 1.84. The average molecular weight is 287 g/mol. The van der Waals surface area contributed by atoms with Gasteiger partial charge in [-0.05, 0) is 39.3 Å². The summed E-state index contributed by atoms with van der Waals surface area (Å²) >= 11 is 0. The minimum atomic E-state index is 0.507. The Bertz CT molecular complexity index is 647. The maximum absolute atomic E-state index is 4.55. The predicted octanol–water partition coefficient (Wildman–Crippen LogP) is 2.42. The second-order valence-electron chi connectivity index (χ2n) is 6.56. The van der Waals surface area contributed by atoms with Gasteiger partial charge in [0.15, 0.2) is 5.65 Å². The van der Waals surface area contributed by atoms with E-state index in [-0.39, 0.29) is 0 Å². The maximum Gasteiger partial charge on any atom is 0.157 e. The van der Waals surface area contributed by atoms with E-state index in [2.05, 4.69) is 47.3 Å². The highest BCUT2D eigenvalue weighted by Gasteiger charge is 2.28. The lowest BCUT2D eigenvalue weighted by Crippen LogP contribution is -2.48. The predicted molar refractivity (Wildman–Crippen MR) is 86.5 cm³/mol. The number of likely N-dealkylation sites (tertiary alicyclic amines) is 1. The first-order valence-corrected chi connectivity index (χ1v) is 7.72. The van der Waals surface area contributed by atoms with Crippen molar-refractivity contribution in [2.24, 2.45) is 13.0 Å². The summed E-state index contributed by atoms with van der Waals surface area (Å²) in [7, 11) is 4.15. The molecule has 0 saturated carbocycles. The van der Waals surface area contributed by atoms with Crippen LogP contribution in [0.2, 0.25) is 0 Å². The topological polar surface area (TPSA) is 46.0 Å². The monoisotopic (exact) mass is 287 g/mol. The van der Waals surface area contributed by atoms with Crippen LogP contribution in [0.4, 0.5) is 5.69 Å². The molecule has 114 valence electrons. The minimum absolute atomic E-state index is 0.507. The molecule has 1 saturated heterocycles. The van der Waals surface area contributed by atoms with E-state index < -0.39 is 0 Å². The van der Waals surface area contributed by atoms with Gasteiger partial charge in [-0.25, -0.2) is 4.98 Å². The smallest absolute Gasteiger partial charge is 0.157 e. The molecule has 3 heterocycles. The number of hydrogen-bond donors (Lipinski definition) is 1. The van der Waals surface area contributed by atoms with Gasteiger partial charge in [0, 0.05) is 31.1 Å². The van der Waals surface area contributed by atoms with Gasteiger partial charge < -0.3 is 10.2 Å². The van der Waals surface area contributed by atoms with Crippen molar-refractivity contribution in [1.29, 1.82) is 0 Å². The molecule has 3 atom stereocenters. The van der Waals surface area contributed by atoms with Crippen LogP contribution >= 0.6 is 0 Å². The standard InChI is InChI=1S/C16H25N5/c1-10-9-20(4)11(2)6-15(10)18-13-7-14-12(3)19-21(5)16(14)17-8-13/h7-8,10-11,15,18H,6,9H2,1-5H3. The number of nitrogens with one attached hydrogen (secondary N) is 1. The number of aryl methyl sites for hydroxylation is 2. The number of nitrogens with zero attached hydrogens (tertiary/aromatic N) is 4. The zero-order valence-electron chi connectivity index (χ0n) is 13.6. The molecule has 3 unspecified atom stereocenters. The Kier molecular flexibility index (Phi) is 3.61. The number of aromatic nitrogens is 3. The summed E-state index contributed by atoms with van der Waals surface area (Å²) in [4.78, 5) is 6.99. The molecule has 0 amide bonds. The van der Waals surface area contributed by atoms with Crippen LogP contribution in [-0.4, -0.2) is 45.3 Å². The molecular weight excluding hydrogens is 262 g/mol. The molecule has 1 fully saturated rings. The van der Waals surface area contributed by atoms with Crippen molar-refractivity contribution >= 4 is 16.7 Å². The van der Waals surface area contributed by atoms with E-state index in [1.807, 2.05) is 24.9 Å². The third-order valence-electron chi connectivity index (χ3n) is 4.83. The van der Waals surface area contributed by atoms with Gasteiger partial charge in [0.05, 0.1) is 17.6 Å². The van der Waals surface area contributed by atoms with Crippen LogP contribution in [0.25, 0.3) is 11.0 Å². The van der Waals surface area contributed by atoms with Crippen LogP contribution < -0.4 is 5.32 Å². The molecule has 0 radical (unpaired) electrons. The average Bonchev–Trinajstić information content (AvgIpc) is 2.71. The van der Waals surface area contributed by atoms with E-state index in [1.165, 1.54) is 6.42 Å². The quantitative estimate of drug-likeness (QED) is 0.921. The second kappa shape index (κ2) is 5.30. The van der Waals surface area contributed by atoms with Crippen molar-refractivity contribution in [3.05, 3.63) is 18.0 Å². The normalized spacial score (nSPS) is 27.2. The molecule has 2 aromatic rings. The third kappa shape index (κ3) is 2.62. The summed E-state index contributed by atoms with van der Waals surface area (Å²) in [5, 5.41) is 9.25. The van der Waals surface area contributed by atoms with Gasteiger partial charge in [0.25, 0.3) is 0 Å². The largest absolute Gasteiger partial charge is 0.381 e. The van der Waals surface area contributed by atoms with Crippen molar-refractivity contribution < 1.29 is 0 Å². The van der Waals surface area contributed by atoms with Crippen LogP contribution in [0.1, 0.15) is 26.0 Å². The maximum atomic E-state index is 4.55. The lowest BCUT2D eigenvalue weighted by atomic mass is 9.89. The SMILES string of the molecule is Cc1nn(C)c2ncc(NC3CC(C)N(C)CC3C)cc12. The molecule has 5 heteroatoms. The van der Waals surface area contributed by atoms with Gasteiger partial charge in [-0.1, -0.05) is 6.92 Å². The number of rotatable bonds is 2. The summed E-state index contributed by atoms with van der Waals surface area (Å²) in [5.41, 5.74) is 3.09. The molecule has 1 aliphatic heterocycles. The highest BCUT2D eigenvalue weighted by molar-refractivity contribution is 5.81. The van der Waals surface area contributed by atoms with Crippen LogP contribution in [0, 0.1) is 12.8 Å². The first-order chi connectivity index (χ1) is 9.95. The van der Waals surface area contributed by atoms with E-state index in [0.717, 1.165) is 29.0 Å². The summed E-state index contributed by atoms with van der Waals surface area (Å²) in [6.45, 7) is 7.79. The Morgan fingerprint density at radius 3 is 2.81 bits per heavy atom. The van der Waals surface area contributed by atoms with Gasteiger partial charge in [0.2, 0.25) is 0 Å². The van der Waals surface area contributed by atoms with E-state index in [4.69, 9.17) is 0 Å². The highest BCUT2D eigenvalue weighted by atomic mass is 15.3. The van der Waals surface area contributed by atoms with Crippen molar-refractivity contribution in [1.82, 2.24) is 19.7 Å². The van der Waals surface area contributed by atoms with Gasteiger partial charge in [-0.3, -0.25) is 4.68 Å². The fraction of sp³-hybridized carbons (Fsp3) is 0.625. The molecule has 0 bridgehead atoms. The van der Waals surface area contributed by atoms with E-state index in [0.29, 0.717) is 18.0 Å². The number of hydrogen-bond acceptors (Lipinski definition) is 4. The van der Waals surface area contributed by atoms with E-state index in [9.17, 15) is 0 Å². The van der Waals surface area contributed by atoms with Crippen LogP contribution in [0.5, 0.6) is 0 Å². The molecule has 0 aromatic carbocycles. The summed E-state index contributed by atoms with van der Waals surface area (Å²) in [6.07, 6.45) is 3.10. The van der Waals surface area contributed by atoms with Crippen LogP contribution in [0.3, 0.4) is 0 Å². The molecule has 21 heavy (non-hydrogen) atoms. The highest BCUT2D eigenvalue weighted by Crippen LogP contribution is 2.26. The molecule has 0 spiro atoms. The fourth-order valence-corrected chi connectivity index (χ4v) is 3.34. The van der Waals surface area contributed by atoms with Crippen molar-refractivity contribution in [3.63, 3.8) is 0 Å². The Balaban J connectivity index is 1.83. The van der Waals surface area contributed by atoms with Crippen molar-refractivity contribution in [2.45, 2.75) is 39.3 Å². The summed E-state index contributed by atoms with van der Waals surface area (Å²) in [5.74, 6) is 0.636. The third-order valence-corrected chi connectivity index (χ3v) is 4.83. The van der Waals surface area contributed by atoms with E-state index >= 15 is 0 Å². The lowest BCUT2D eigenvalue weighted by molar-refractivity contribution is 0.145. The Morgan fingerprint density at radius 1 is 1.29 bits per heavy atom.